The van der Waals surface area contributed by atoms with Crippen molar-refractivity contribution in [3.05, 3.63) is 59.9 Å². The molecule has 0 aliphatic carbocycles. The van der Waals surface area contributed by atoms with Crippen molar-refractivity contribution < 1.29 is 60.8 Å². The number of carboxylic acid groups (broad SMARTS) is 3. The van der Waals surface area contributed by atoms with Crippen LogP contribution >= 0.6 is 0 Å². The lowest BCUT2D eigenvalue weighted by molar-refractivity contribution is -0.193. The number of imidazole rings is 1. The number of likely N-dealkylation sites (tertiary alicyclic amines) is 1. The smallest absolute Gasteiger partial charge is 0.481 e. The maximum atomic E-state index is 12.8. The van der Waals surface area contributed by atoms with E-state index >= 15 is 0 Å². The molecule has 3 aromatic rings. The molecule has 1 aliphatic heterocycles. The lowest BCUT2D eigenvalue weighted by Crippen LogP contribution is -2.40. The van der Waals surface area contributed by atoms with Crippen LogP contribution in [0.3, 0.4) is 0 Å². The number of halogens is 6. The summed E-state index contributed by atoms with van der Waals surface area (Å²) in [4.78, 5) is 48.0. The van der Waals surface area contributed by atoms with Gasteiger partial charge in [0.25, 0.3) is 5.91 Å². The normalized spacial score (nSPS) is 13.7. The summed E-state index contributed by atoms with van der Waals surface area (Å²) in [6.45, 7) is 0.900. The number of nitrogens with two attached hydrogens (primary N) is 1. The van der Waals surface area contributed by atoms with Crippen LogP contribution in [0, 0.1) is 11.3 Å². The minimum absolute atomic E-state index is 0.0158. The fraction of sp³-hybridized carbons (Fsp3) is 0.280. The summed E-state index contributed by atoms with van der Waals surface area (Å²) in [5, 5.41) is 30.8. The van der Waals surface area contributed by atoms with E-state index in [9.17, 15) is 35.9 Å². The summed E-state index contributed by atoms with van der Waals surface area (Å²) in [6, 6.07) is 10.8. The lowest BCUT2D eigenvalue weighted by Gasteiger charge is -2.30. The Morgan fingerprint density at radius 2 is 1.28 bits per heavy atom. The number of amides is 1. The Morgan fingerprint density at radius 1 is 0.814 bits per heavy atom. The van der Waals surface area contributed by atoms with Crippen LogP contribution in [0.5, 0.6) is 0 Å². The Kier molecular flexibility index (Phi) is 10.8. The van der Waals surface area contributed by atoms with Gasteiger partial charge in [0.1, 0.15) is 11.5 Å². The molecule has 1 amide bonds. The number of alkyl halides is 6. The molecule has 232 valence electrons. The van der Waals surface area contributed by atoms with Gasteiger partial charge in [-0.25, -0.2) is 14.6 Å². The number of fused-ring (bicyclic) bond motifs is 1. The van der Waals surface area contributed by atoms with E-state index in [0.717, 1.165) is 16.9 Å². The van der Waals surface area contributed by atoms with Gasteiger partial charge >= 0.3 is 30.3 Å². The van der Waals surface area contributed by atoms with Gasteiger partial charge in [0.05, 0.1) is 17.2 Å². The molecular weight excluding hydrogens is 596 g/mol. The van der Waals surface area contributed by atoms with Crippen molar-refractivity contribution in [1.29, 1.82) is 5.41 Å². The molecule has 4 rings (SSSR count). The number of carbonyl (C=O) groups is 4. The summed E-state index contributed by atoms with van der Waals surface area (Å²) < 4.78 is 65.3. The fourth-order valence-electron chi connectivity index (χ4n) is 3.59. The van der Waals surface area contributed by atoms with E-state index < -0.39 is 30.3 Å². The third kappa shape index (κ3) is 9.72. The highest BCUT2D eigenvalue weighted by Crippen LogP contribution is 2.22. The van der Waals surface area contributed by atoms with Gasteiger partial charge in [0, 0.05) is 36.6 Å². The van der Waals surface area contributed by atoms with E-state index in [0.29, 0.717) is 37.1 Å². The van der Waals surface area contributed by atoms with E-state index in [4.69, 9.17) is 36.1 Å². The number of rotatable bonds is 4. The second-order valence-electron chi connectivity index (χ2n) is 8.81. The van der Waals surface area contributed by atoms with Crippen LogP contribution in [-0.2, 0) is 14.4 Å². The van der Waals surface area contributed by atoms with Gasteiger partial charge in [0.2, 0.25) is 0 Å². The van der Waals surface area contributed by atoms with E-state index in [1.807, 2.05) is 22.7 Å². The summed E-state index contributed by atoms with van der Waals surface area (Å²) in [5.74, 6) is -6.76. The van der Waals surface area contributed by atoms with Crippen LogP contribution in [0.4, 0.5) is 26.3 Å². The molecule has 0 bridgehead atoms. The van der Waals surface area contributed by atoms with Gasteiger partial charge in [-0.3, -0.25) is 15.0 Å². The van der Waals surface area contributed by atoms with E-state index in [1.165, 1.54) is 0 Å². The Morgan fingerprint density at radius 3 is 1.70 bits per heavy atom. The largest absolute Gasteiger partial charge is 0.490 e. The molecule has 1 fully saturated rings. The van der Waals surface area contributed by atoms with E-state index in [2.05, 4.69) is 4.98 Å². The van der Waals surface area contributed by atoms with E-state index in [-0.39, 0.29) is 17.7 Å². The first-order valence-electron chi connectivity index (χ1n) is 11.9. The van der Waals surface area contributed by atoms with Crippen LogP contribution in [0.25, 0.3) is 16.9 Å². The number of nitrogen functional groups attached to an aromatic ring is 1. The zero-order chi connectivity index (χ0) is 32.7. The summed E-state index contributed by atoms with van der Waals surface area (Å²) in [6.07, 6.45) is -5.60. The molecule has 0 radical (unpaired) electrons. The van der Waals surface area contributed by atoms with Crippen molar-refractivity contribution in [2.45, 2.75) is 25.2 Å². The van der Waals surface area contributed by atoms with Crippen LogP contribution in [-0.4, -0.2) is 84.7 Å². The molecule has 6 N–H and O–H groups in total. The standard InChI is InChI=1S/C21H21N5O3.2C2HF3O2/c22-19(23)14-3-1-13(2-4-14)17-12-26-11-16(5-6-18(26)24-17)20(27)25-9-7-15(8-10-25)21(28)29;2*3-2(4,5)1(6)7/h1-6,11-12,15H,7-10H2,(H3,22,23)(H,28,29);2*(H,6,7). The van der Waals surface area contributed by atoms with Crippen molar-refractivity contribution in [2.75, 3.05) is 13.1 Å². The fourth-order valence-corrected chi connectivity index (χ4v) is 3.59. The summed E-state index contributed by atoms with van der Waals surface area (Å²) in [7, 11) is 0. The third-order valence-electron chi connectivity index (χ3n) is 5.81. The van der Waals surface area contributed by atoms with Gasteiger partial charge < -0.3 is 30.4 Å². The van der Waals surface area contributed by atoms with Crippen molar-refractivity contribution in [3.63, 3.8) is 0 Å². The number of amidine groups is 1. The molecule has 1 aromatic carbocycles. The van der Waals surface area contributed by atoms with Crippen LogP contribution < -0.4 is 5.73 Å². The molecule has 3 heterocycles. The number of nitrogens with one attached hydrogen (secondary N) is 1. The average Bonchev–Trinajstić information content (AvgIpc) is 3.36. The topological polar surface area (TPSA) is 199 Å². The van der Waals surface area contributed by atoms with Gasteiger partial charge in [-0.05, 0) is 25.0 Å². The number of hydrogen-bond acceptors (Lipinski definition) is 6. The Hall–Kier alpha value is -5.16. The first-order chi connectivity index (χ1) is 19.8. The number of nitrogens with zero attached hydrogens (tertiary/aromatic N) is 3. The van der Waals surface area contributed by atoms with Crippen LogP contribution in [0.15, 0.2) is 48.8 Å². The minimum atomic E-state index is -5.08. The van der Waals surface area contributed by atoms with Gasteiger partial charge in [-0.2, -0.15) is 26.3 Å². The third-order valence-corrected chi connectivity index (χ3v) is 5.81. The SMILES string of the molecule is N=C(N)c1ccc(-c2cn3cc(C(=O)N4CCC(C(=O)O)CC4)ccc3n2)cc1.O=C(O)C(F)(F)F.O=C(O)C(F)(F)F. The van der Waals surface area contributed by atoms with Crippen molar-refractivity contribution >= 4 is 35.3 Å². The number of aromatic nitrogens is 2. The highest BCUT2D eigenvalue weighted by atomic mass is 19.4. The van der Waals surface area contributed by atoms with Crippen LogP contribution in [0.2, 0.25) is 0 Å². The summed E-state index contributed by atoms with van der Waals surface area (Å²) in [5.41, 5.74) is 9.05. The van der Waals surface area contributed by atoms with Gasteiger partial charge in [0.15, 0.2) is 0 Å². The highest BCUT2D eigenvalue weighted by Gasteiger charge is 2.39. The van der Waals surface area contributed by atoms with E-state index in [1.54, 1.807) is 35.4 Å². The summed E-state index contributed by atoms with van der Waals surface area (Å²) >= 11 is 0. The molecule has 43 heavy (non-hydrogen) atoms. The van der Waals surface area contributed by atoms with Crippen molar-refractivity contribution in [3.8, 4) is 11.3 Å². The minimum Gasteiger partial charge on any atom is -0.481 e. The number of benzene rings is 1. The number of pyridine rings is 1. The molecule has 1 saturated heterocycles. The molecule has 1 aliphatic rings. The molecule has 0 atom stereocenters. The average molecular weight is 619 g/mol. The van der Waals surface area contributed by atoms with Crippen molar-refractivity contribution in [1.82, 2.24) is 14.3 Å². The second-order valence-corrected chi connectivity index (χ2v) is 8.81. The van der Waals surface area contributed by atoms with Crippen LogP contribution in [0.1, 0.15) is 28.8 Å². The van der Waals surface area contributed by atoms with Gasteiger partial charge in [-0.15, -0.1) is 0 Å². The molecule has 0 unspecified atom stereocenters. The maximum absolute atomic E-state index is 12.8. The second kappa shape index (κ2) is 13.7. The number of carboxylic acids is 3. The molecule has 0 saturated carbocycles. The maximum Gasteiger partial charge on any atom is 0.490 e. The Balaban J connectivity index is 0.000000384. The first kappa shape index (κ1) is 34.0. The predicted octanol–water partition coefficient (Wildman–Crippen LogP) is 3.49. The zero-order valence-corrected chi connectivity index (χ0v) is 21.7. The predicted molar refractivity (Wildman–Crippen MR) is 135 cm³/mol. The number of aliphatic carboxylic acids is 3. The quantitative estimate of drug-likeness (QED) is 0.165. The molecule has 18 heteroatoms. The Labute approximate surface area is 237 Å². The molecule has 12 nitrogen and oxygen atoms in total. The Bertz CT molecular complexity index is 1470. The van der Waals surface area contributed by atoms with Crippen molar-refractivity contribution in [2.24, 2.45) is 11.7 Å². The lowest BCUT2D eigenvalue weighted by atomic mass is 9.97. The molecular formula is C25H23F6N5O7. The number of piperidine rings is 1. The molecule has 2 aromatic heterocycles. The number of carbonyl (C=O) groups excluding carboxylic acids is 1. The number of hydrogen-bond donors (Lipinski definition) is 5. The first-order valence-corrected chi connectivity index (χ1v) is 11.9. The zero-order valence-electron chi connectivity index (χ0n) is 21.7. The monoisotopic (exact) mass is 619 g/mol. The van der Waals surface area contributed by atoms with Gasteiger partial charge in [-0.1, -0.05) is 24.3 Å². The molecule has 0 spiro atoms. The highest BCUT2D eigenvalue weighted by molar-refractivity contribution is 5.95.